The molecule has 1 rings (SSSR count). The molecule has 0 spiro atoms. The minimum atomic E-state index is -4.66. The van der Waals surface area contributed by atoms with Gasteiger partial charge < -0.3 is 9.64 Å². The fourth-order valence-corrected chi connectivity index (χ4v) is 1.51. The maximum atomic E-state index is 11.9. The normalized spacial score (nSPS) is 21.8. The van der Waals surface area contributed by atoms with Crippen molar-refractivity contribution in [3.63, 3.8) is 0 Å². The van der Waals surface area contributed by atoms with Gasteiger partial charge in [0, 0.05) is 6.54 Å². The molecule has 100 valence electrons. The molecule has 1 saturated heterocycles. The lowest BCUT2D eigenvalue weighted by Gasteiger charge is -2.24. The molecule has 1 atom stereocenters. The summed E-state index contributed by atoms with van der Waals surface area (Å²) in [6.45, 7) is 5.23. The summed E-state index contributed by atoms with van der Waals surface area (Å²) in [6.07, 6.45) is -6.10. The number of likely N-dealkylation sites (tertiary alicyclic amines) is 1. The Hall–Kier alpha value is -0.980. The van der Waals surface area contributed by atoms with Crippen LogP contribution in [-0.2, 0) is 9.47 Å². The zero-order valence-electron chi connectivity index (χ0n) is 10.0. The Bertz CT molecular complexity index is 286. The molecule has 4 nitrogen and oxygen atoms in total. The van der Waals surface area contributed by atoms with Crippen LogP contribution in [0.2, 0.25) is 0 Å². The first-order valence-corrected chi connectivity index (χ1v) is 5.29. The lowest BCUT2D eigenvalue weighted by atomic mass is 10.2. The van der Waals surface area contributed by atoms with Crippen molar-refractivity contribution in [2.24, 2.45) is 0 Å². The quantitative estimate of drug-likeness (QED) is 0.722. The second-order valence-corrected chi connectivity index (χ2v) is 4.90. The zero-order valence-corrected chi connectivity index (χ0v) is 10.0. The van der Waals surface area contributed by atoms with Crippen LogP contribution in [-0.4, -0.2) is 42.2 Å². The highest BCUT2D eigenvalue weighted by Gasteiger charge is 2.38. The van der Waals surface area contributed by atoms with Crippen LogP contribution in [0.15, 0.2) is 0 Å². The summed E-state index contributed by atoms with van der Waals surface area (Å²) in [7, 11) is 0. The molecule has 0 bridgehead atoms. The molecule has 1 aliphatic rings. The van der Waals surface area contributed by atoms with Crippen molar-refractivity contribution in [2.75, 3.05) is 13.1 Å². The number of halogens is 3. The van der Waals surface area contributed by atoms with Gasteiger partial charge in [0.2, 0.25) is 0 Å². The summed E-state index contributed by atoms with van der Waals surface area (Å²) in [4.78, 5) is 12.8. The molecule has 0 N–H and O–H groups in total. The van der Waals surface area contributed by atoms with E-state index in [9.17, 15) is 18.0 Å². The van der Waals surface area contributed by atoms with Crippen LogP contribution in [0.3, 0.4) is 0 Å². The van der Waals surface area contributed by atoms with Crippen molar-refractivity contribution < 1.29 is 27.4 Å². The van der Waals surface area contributed by atoms with E-state index in [0.717, 1.165) is 0 Å². The van der Waals surface area contributed by atoms with Gasteiger partial charge in [-0.25, -0.2) is 4.79 Å². The zero-order chi connectivity index (χ0) is 13.3. The van der Waals surface area contributed by atoms with Gasteiger partial charge in [-0.05, 0) is 27.2 Å². The van der Waals surface area contributed by atoms with Gasteiger partial charge >= 0.3 is 12.5 Å². The fourth-order valence-electron chi connectivity index (χ4n) is 1.51. The highest BCUT2D eigenvalue weighted by atomic mass is 19.4. The molecule has 1 heterocycles. The highest BCUT2D eigenvalue weighted by molar-refractivity contribution is 5.68. The van der Waals surface area contributed by atoms with Crippen molar-refractivity contribution in [3.8, 4) is 0 Å². The van der Waals surface area contributed by atoms with Gasteiger partial charge in [0.05, 0.1) is 12.6 Å². The van der Waals surface area contributed by atoms with Gasteiger partial charge in [-0.1, -0.05) is 0 Å². The number of ether oxygens (including phenoxy) is 2. The number of nitrogens with zero attached hydrogens (tertiary/aromatic N) is 1. The number of hydrogen-bond acceptors (Lipinski definition) is 3. The predicted molar refractivity (Wildman–Crippen MR) is 53.4 cm³/mol. The maximum Gasteiger partial charge on any atom is 0.522 e. The summed E-state index contributed by atoms with van der Waals surface area (Å²) in [5, 5.41) is 0. The molecule has 1 amide bonds. The average molecular weight is 255 g/mol. The van der Waals surface area contributed by atoms with Gasteiger partial charge in [0.25, 0.3) is 0 Å². The Morgan fingerprint density at radius 2 is 1.88 bits per heavy atom. The van der Waals surface area contributed by atoms with Crippen LogP contribution in [0.5, 0.6) is 0 Å². The van der Waals surface area contributed by atoms with Gasteiger partial charge in [0.1, 0.15) is 5.60 Å². The monoisotopic (exact) mass is 255 g/mol. The molecule has 1 fully saturated rings. The van der Waals surface area contributed by atoms with Crippen molar-refractivity contribution >= 4 is 6.09 Å². The SMILES string of the molecule is CC(C)(C)OC(=O)N1CC[C@H](OC(F)(F)F)C1. The Kier molecular flexibility index (Phi) is 3.91. The highest BCUT2D eigenvalue weighted by Crippen LogP contribution is 2.24. The number of alkyl halides is 3. The molecule has 0 radical (unpaired) electrons. The first kappa shape index (κ1) is 14.1. The van der Waals surface area contributed by atoms with Crippen LogP contribution in [0.1, 0.15) is 27.2 Å². The van der Waals surface area contributed by atoms with E-state index in [-0.39, 0.29) is 19.5 Å². The van der Waals surface area contributed by atoms with Crippen LogP contribution in [0.4, 0.5) is 18.0 Å². The first-order valence-electron chi connectivity index (χ1n) is 5.29. The van der Waals surface area contributed by atoms with Crippen molar-refractivity contribution in [2.45, 2.75) is 45.3 Å². The standard InChI is InChI=1S/C10H16F3NO3/c1-9(2,3)17-8(15)14-5-4-7(6-14)16-10(11,12)13/h7H,4-6H2,1-3H3/t7-/m0/s1. The fraction of sp³-hybridized carbons (Fsp3) is 0.900. The molecule has 17 heavy (non-hydrogen) atoms. The molecule has 1 aliphatic heterocycles. The number of rotatable bonds is 1. The number of amides is 1. The predicted octanol–water partition coefficient (Wildman–Crippen LogP) is 2.53. The third-order valence-electron chi connectivity index (χ3n) is 2.10. The minimum Gasteiger partial charge on any atom is -0.444 e. The molecule has 0 aromatic carbocycles. The second kappa shape index (κ2) is 4.72. The van der Waals surface area contributed by atoms with Gasteiger partial charge in [-0.15, -0.1) is 13.2 Å². The van der Waals surface area contributed by atoms with E-state index in [0.29, 0.717) is 0 Å². The van der Waals surface area contributed by atoms with Crippen LogP contribution < -0.4 is 0 Å². The molecule has 0 aromatic heterocycles. The van der Waals surface area contributed by atoms with E-state index >= 15 is 0 Å². The van der Waals surface area contributed by atoms with E-state index in [2.05, 4.69) is 4.74 Å². The van der Waals surface area contributed by atoms with Crippen LogP contribution in [0.25, 0.3) is 0 Å². The molecule has 0 aromatic rings. The van der Waals surface area contributed by atoms with Crippen LogP contribution >= 0.6 is 0 Å². The summed E-state index contributed by atoms with van der Waals surface area (Å²) in [5.74, 6) is 0. The van der Waals surface area contributed by atoms with Gasteiger partial charge in [-0.2, -0.15) is 0 Å². The summed E-state index contributed by atoms with van der Waals surface area (Å²) >= 11 is 0. The van der Waals surface area contributed by atoms with E-state index in [1.165, 1.54) is 4.90 Å². The number of carbonyl (C=O) groups excluding carboxylic acids is 1. The van der Waals surface area contributed by atoms with Crippen molar-refractivity contribution in [1.29, 1.82) is 0 Å². The Balaban J connectivity index is 2.43. The smallest absolute Gasteiger partial charge is 0.444 e. The molecular weight excluding hydrogens is 239 g/mol. The van der Waals surface area contributed by atoms with Crippen molar-refractivity contribution in [3.05, 3.63) is 0 Å². The van der Waals surface area contributed by atoms with Crippen LogP contribution in [0, 0.1) is 0 Å². The first-order chi connectivity index (χ1) is 7.57. The van der Waals surface area contributed by atoms with Crippen molar-refractivity contribution in [1.82, 2.24) is 4.90 Å². The van der Waals surface area contributed by atoms with Gasteiger partial charge in [0.15, 0.2) is 0 Å². The summed E-state index contributed by atoms with van der Waals surface area (Å²) in [6, 6.07) is 0. The third-order valence-corrected chi connectivity index (χ3v) is 2.10. The van der Waals surface area contributed by atoms with Gasteiger partial charge in [-0.3, -0.25) is 4.74 Å². The molecule has 0 saturated carbocycles. The summed E-state index contributed by atoms with van der Waals surface area (Å²) in [5.41, 5.74) is -0.653. The van der Waals surface area contributed by atoms with E-state index in [1.807, 2.05) is 0 Å². The third kappa shape index (κ3) is 5.25. The largest absolute Gasteiger partial charge is 0.522 e. The topological polar surface area (TPSA) is 38.8 Å². The van der Waals surface area contributed by atoms with E-state index < -0.39 is 24.2 Å². The lowest BCUT2D eigenvalue weighted by molar-refractivity contribution is -0.340. The number of carbonyl (C=O) groups is 1. The Labute approximate surface area is 97.7 Å². The lowest BCUT2D eigenvalue weighted by Crippen LogP contribution is -2.36. The summed E-state index contributed by atoms with van der Waals surface area (Å²) < 4.78 is 44.8. The van der Waals surface area contributed by atoms with E-state index in [1.54, 1.807) is 20.8 Å². The molecular formula is C10H16F3NO3. The average Bonchev–Trinajstić information content (AvgIpc) is 2.45. The molecule has 0 unspecified atom stereocenters. The Morgan fingerprint density at radius 1 is 1.29 bits per heavy atom. The minimum absolute atomic E-state index is 0.0889. The number of hydrogen-bond donors (Lipinski definition) is 0. The molecule has 7 heteroatoms. The maximum absolute atomic E-state index is 11.9. The van der Waals surface area contributed by atoms with E-state index in [4.69, 9.17) is 4.74 Å². The Morgan fingerprint density at radius 3 is 2.35 bits per heavy atom. The molecule has 0 aliphatic carbocycles. The second-order valence-electron chi connectivity index (χ2n) is 4.90.